The van der Waals surface area contributed by atoms with Crippen LogP contribution in [0.15, 0.2) is 40.6 Å². The summed E-state index contributed by atoms with van der Waals surface area (Å²) in [6, 6.07) is 3.92. The summed E-state index contributed by atoms with van der Waals surface area (Å²) in [5, 5.41) is 2.02. The quantitative estimate of drug-likeness (QED) is 0.685. The molecule has 0 unspecified atom stereocenters. The Labute approximate surface area is 98.6 Å². The van der Waals surface area contributed by atoms with Crippen LogP contribution in [0.25, 0.3) is 16.3 Å². The lowest BCUT2D eigenvalue weighted by Gasteiger charge is -1.94. The van der Waals surface area contributed by atoms with E-state index in [0.717, 1.165) is 20.8 Å². The smallest absolute Gasteiger partial charge is 0.194 e. The Morgan fingerprint density at radius 2 is 2.20 bits per heavy atom. The van der Waals surface area contributed by atoms with Crippen LogP contribution in [0.1, 0.15) is 0 Å². The van der Waals surface area contributed by atoms with Gasteiger partial charge in [-0.2, -0.15) is 0 Å². The highest BCUT2D eigenvalue weighted by atomic mass is 79.9. The van der Waals surface area contributed by atoms with E-state index < -0.39 is 0 Å². The van der Waals surface area contributed by atoms with Gasteiger partial charge in [-0.1, -0.05) is 0 Å². The van der Waals surface area contributed by atoms with Crippen LogP contribution in [0, 0.1) is 0 Å². The van der Waals surface area contributed by atoms with Gasteiger partial charge in [0.1, 0.15) is 5.69 Å². The molecule has 0 atom stereocenters. The Kier molecular flexibility index (Phi) is 2.07. The Bertz CT molecular complexity index is 568. The van der Waals surface area contributed by atoms with Gasteiger partial charge in [-0.05, 0) is 28.1 Å². The van der Waals surface area contributed by atoms with Gasteiger partial charge in [-0.15, -0.1) is 11.3 Å². The van der Waals surface area contributed by atoms with Crippen molar-refractivity contribution in [3.63, 3.8) is 0 Å². The molecular formula is C10H6BrN3S. The topological polar surface area (TPSA) is 30.2 Å². The number of pyridine rings is 1. The van der Waals surface area contributed by atoms with E-state index in [1.807, 2.05) is 34.3 Å². The second-order valence-corrected chi connectivity index (χ2v) is 4.87. The summed E-state index contributed by atoms with van der Waals surface area (Å²) in [4.78, 5) is 9.78. The minimum absolute atomic E-state index is 0.897. The van der Waals surface area contributed by atoms with Gasteiger partial charge in [0.25, 0.3) is 0 Å². The summed E-state index contributed by atoms with van der Waals surface area (Å²) in [6.07, 6.45) is 5.76. The van der Waals surface area contributed by atoms with Crippen molar-refractivity contribution in [2.45, 2.75) is 0 Å². The van der Waals surface area contributed by atoms with Gasteiger partial charge in [0.05, 0.1) is 5.69 Å². The predicted octanol–water partition coefficient (Wildman–Crippen LogP) is 3.22. The number of halogens is 1. The minimum atomic E-state index is 0.897. The van der Waals surface area contributed by atoms with E-state index in [9.17, 15) is 0 Å². The molecule has 3 heterocycles. The number of rotatable bonds is 1. The summed E-state index contributed by atoms with van der Waals surface area (Å²) >= 11 is 4.98. The first-order chi connectivity index (χ1) is 7.33. The molecule has 0 fully saturated rings. The lowest BCUT2D eigenvalue weighted by atomic mass is 10.3. The second-order valence-electron chi connectivity index (χ2n) is 3.08. The molecular weight excluding hydrogens is 274 g/mol. The number of nitrogens with zero attached hydrogens (tertiary/aromatic N) is 3. The van der Waals surface area contributed by atoms with Crippen molar-refractivity contribution in [1.82, 2.24) is 14.4 Å². The van der Waals surface area contributed by atoms with E-state index in [-0.39, 0.29) is 0 Å². The summed E-state index contributed by atoms with van der Waals surface area (Å²) in [7, 11) is 0. The van der Waals surface area contributed by atoms with Crippen LogP contribution in [0.5, 0.6) is 0 Å². The zero-order valence-corrected chi connectivity index (χ0v) is 9.99. The molecule has 74 valence electrons. The van der Waals surface area contributed by atoms with E-state index in [1.165, 1.54) is 0 Å². The molecule has 5 heteroatoms. The molecule has 0 saturated carbocycles. The highest BCUT2D eigenvalue weighted by Crippen LogP contribution is 2.20. The molecule has 3 aromatic heterocycles. The number of aromatic nitrogens is 3. The molecule has 0 aromatic carbocycles. The third-order valence-corrected chi connectivity index (χ3v) is 3.32. The van der Waals surface area contributed by atoms with Gasteiger partial charge in [-0.25, -0.2) is 4.98 Å². The Balaban J connectivity index is 2.13. The molecule has 3 rings (SSSR count). The monoisotopic (exact) mass is 279 g/mol. The fraction of sp³-hybridized carbons (Fsp3) is 0. The highest BCUT2D eigenvalue weighted by Gasteiger charge is 2.05. The highest BCUT2D eigenvalue weighted by molar-refractivity contribution is 9.10. The maximum absolute atomic E-state index is 4.48. The Hall–Kier alpha value is -1.20. The van der Waals surface area contributed by atoms with E-state index in [4.69, 9.17) is 0 Å². The molecule has 0 saturated heterocycles. The molecule has 3 aromatic rings. The summed E-state index contributed by atoms with van der Waals surface area (Å²) in [5.41, 5.74) is 1.81. The van der Waals surface area contributed by atoms with Crippen LogP contribution in [-0.2, 0) is 0 Å². The molecule has 0 bridgehead atoms. The van der Waals surface area contributed by atoms with E-state index >= 15 is 0 Å². The predicted molar refractivity (Wildman–Crippen MR) is 64.0 cm³/mol. The van der Waals surface area contributed by atoms with Crippen molar-refractivity contribution in [3.05, 3.63) is 40.6 Å². The van der Waals surface area contributed by atoms with Gasteiger partial charge in [0.2, 0.25) is 0 Å². The lowest BCUT2D eigenvalue weighted by molar-refractivity contribution is 1.23. The van der Waals surface area contributed by atoms with Gasteiger partial charge in [0.15, 0.2) is 4.96 Å². The van der Waals surface area contributed by atoms with Crippen LogP contribution in [0.3, 0.4) is 0 Å². The maximum atomic E-state index is 4.48. The number of fused-ring (bicyclic) bond motifs is 1. The molecule has 3 nitrogen and oxygen atoms in total. The standard InChI is InChI=1S/C10H6BrN3S/c11-7-1-2-8(12-5-7)9-6-14-3-4-15-10(14)13-9/h1-6H. The van der Waals surface area contributed by atoms with Gasteiger partial charge in [-0.3, -0.25) is 9.38 Å². The number of hydrogen-bond donors (Lipinski definition) is 0. The minimum Gasteiger partial charge on any atom is -0.297 e. The lowest BCUT2D eigenvalue weighted by Crippen LogP contribution is -1.81. The van der Waals surface area contributed by atoms with Crippen LogP contribution in [0.2, 0.25) is 0 Å². The largest absolute Gasteiger partial charge is 0.297 e. The second kappa shape index (κ2) is 3.43. The van der Waals surface area contributed by atoms with E-state index in [0.29, 0.717) is 0 Å². The van der Waals surface area contributed by atoms with Crippen LogP contribution < -0.4 is 0 Å². The fourth-order valence-electron chi connectivity index (χ4n) is 1.38. The van der Waals surface area contributed by atoms with Crippen LogP contribution in [0.4, 0.5) is 0 Å². The van der Waals surface area contributed by atoms with Crippen molar-refractivity contribution in [3.8, 4) is 11.4 Å². The normalized spacial score (nSPS) is 11.0. The average molecular weight is 280 g/mol. The van der Waals surface area contributed by atoms with Crippen LogP contribution >= 0.6 is 27.3 Å². The number of imidazole rings is 1. The van der Waals surface area contributed by atoms with Crippen molar-refractivity contribution in [1.29, 1.82) is 0 Å². The molecule has 0 amide bonds. The third-order valence-electron chi connectivity index (χ3n) is 2.08. The van der Waals surface area contributed by atoms with Crippen molar-refractivity contribution < 1.29 is 0 Å². The Morgan fingerprint density at radius 1 is 1.27 bits per heavy atom. The zero-order valence-electron chi connectivity index (χ0n) is 7.59. The third kappa shape index (κ3) is 1.57. The number of thiazole rings is 1. The zero-order chi connectivity index (χ0) is 10.3. The molecule has 0 aliphatic rings. The first-order valence-corrected chi connectivity index (χ1v) is 6.04. The van der Waals surface area contributed by atoms with Crippen molar-refractivity contribution >= 4 is 32.2 Å². The molecule has 0 radical (unpaired) electrons. The number of hydrogen-bond acceptors (Lipinski definition) is 3. The van der Waals surface area contributed by atoms with Crippen molar-refractivity contribution in [2.24, 2.45) is 0 Å². The molecule has 0 N–H and O–H groups in total. The molecule has 0 spiro atoms. The summed E-state index contributed by atoms with van der Waals surface area (Å²) in [5.74, 6) is 0. The van der Waals surface area contributed by atoms with Gasteiger partial charge in [0, 0.05) is 28.4 Å². The fourth-order valence-corrected chi connectivity index (χ4v) is 2.31. The first-order valence-electron chi connectivity index (χ1n) is 4.37. The van der Waals surface area contributed by atoms with E-state index in [1.54, 1.807) is 17.5 Å². The molecule has 0 aliphatic heterocycles. The first kappa shape index (κ1) is 9.06. The Morgan fingerprint density at radius 3 is 2.93 bits per heavy atom. The van der Waals surface area contributed by atoms with E-state index in [2.05, 4.69) is 25.9 Å². The average Bonchev–Trinajstić information content (AvgIpc) is 2.78. The van der Waals surface area contributed by atoms with Gasteiger partial charge >= 0.3 is 0 Å². The summed E-state index contributed by atoms with van der Waals surface area (Å²) < 4.78 is 2.98. The SMILES string of the molecule is Brc1ccc(-c2cn3ccsc3n2)nc1. The van der Waals surface area contributed by atoms with Crippen LogP contribution in [-0.4, -0.2) is 14.4 Å². The molecule has 0 aliphatic carbocycles. The van der Waals surface area contributed by atoms with Crippen molar-refractivity contribution in [2.75, 3.05) is 0 Å². The maximum Gasteiger partial charge on any atom is 0.194 e. The molecule has 15 heavy (non-hydrogen) atoms. The summed E-state index contributed by atoms with van der Waals surface area (Å²) in [6.45, 7) is 0. The van der Waals surface area contributed by atoms with Gasteiger partial charge < -0.3 is 0 Å².